The normalized spacial score (nSPS) is 36.9. The third-order valence-electron chi connectivity index (χ3n) is 2.56. The van der Waals surface area contributed by atoms with Gasteiger partial charge in [0, 0.05) is 23.7 Å². The van der Waals surface area contributed by atoms with E-state index in [1.54, 1.807) is 0 Å². The second-order valence-electron chi connectivity index (χ2n) is 4.18. The summed E-state index contributed by atoms with van der Waals surface area (Å²) >= 11 is 5.41. The highest BCUT2D eigenvalue weighted by atomic mass is 79.9. The predicted octanol–water partition coefficient (Wildman–Crippen LogP) is 1.96. The number of aliphatic imine (C=N–C) groups is 1. The van der Waals surface area contributed by atoms with Gasteiger partial charge in [-0.1, -0.05) is 27.7 Å². The number of thioether (sulfide) groups is 1. The molecule has 0 spiro atoms. The zero-order chi connectivity index (χ0) is 10.8. The van der Waals surface area contributed by atoms with E-state index in [4.69, 9.17) is 4.74 Å². The Morgan fingerprint density at radius 1 is 1.47 bits per heavy atom. The van der Waals surface area contributed by atoms with Crippen molar-refractivity contribution in [3.63, 3.8) is 0 Å². The van der Waals surface area contributed by atoms with Crippen LogP contribution in [0.15, 0.2) is 4.99 Å². The minimum atomic E-state index is 0.320. The minimum absolute atomic E-state index is 0.320. The van der Waals surface area contributed by atoms with Crippen molar-refractivity contribution in [1.29, 1.82) is 0 Å². The molecule has 5 heteroatoms. The van der Waals surface area contributed by atoms with E-state index in [0.717, 1.165) is 25.0 Å². The molecule has 15 heavy (non-hydrogen) atoms. The number of amidine groups is 1. The summed E-state index contributed by atoms with van der Waals surface area (Å²) in [5.74, 6) is 0. The third-order valence-corrected chi connectivity index (χ3v) is 5.02. The van der Waals surface area contributed by atoms with Gasteiger partial charge in [0.05, 0.1) is 18.8 Å². The average molecular weight is 293 g/mol. The lowest BCUT2D eigenvalue weighted by Crippen LogP contribution is -2.47. The van der Waals surface area contributed by atoms with E-state index in [0.29, 0.717) is 17.5 Å². The van der Waals surface area contributed by atoms with Crippen LogP contribution in [-0.4, -0.2) is 52.5 Å². The van der Waals surface area contributed by atoms with Crippen molar-refractivity contribution in [3.05, 3.63) is 0 Å². The van der Waals surface area contributed by atoms with Gasteiger partial charge in [-0.05, 0) is 13.8 Å². The maximum Gasteiger partial charge on any atom is 0.159 e. The fraction of sp³-hybridized carbons (Fsp3) is 0.900. The summed E-state index contributed by atoms with van der Waals surface area (Å²) in [6.07, 6.45) is 0.639. The molecular formula is C10H17BrN2OS. The first-order valence-corrected chi connectivity index (χ1v) is 7.36. The topological polar surface area (TPSA) is 24.8 Å². The molecule has 0 aromatic heterocycles. The van der Waals surface area contributed by atoms with Crippen molar-refractivity contribution in [2.24, 2.45) is 4.99 Å². The molecule has 86 valence electrons. The van der Waals surface area contributed by atoms with Crippen LogP contribution in [0.4, 0.5) is 0 Å². The molecule has 3 atom stereocenters. The van der Waals surface area contributed by atoms with Crippen LogP contribution in [-0.2, 0) is 4.74 Å². The summed E-state index contributed by atoms with van der Waals surface area (Å²) in [5, 5.41) is 2.86. The van der Waals surface area contributed by atoms with E-state index >= 15 is 0 Å². The first-order chi connectivity index (χ1) is 7.19. The van der Waals surface area contributed by atoms with Crippen LogP contribution >= 0.6 is 27.7 Å². The van der Waals surface area contributed by atoms with Crippen molar-refractivity contribution < 1.29 is 4.74 Å². The molecule has 0 aromatic carbocycles. The second kappa shape index (κ2) is 5.06. The highest BCUT2D eigenvalue weighted by Crippen LogP contribution is 2.26. The summed E-state index contributed by atoms with van der Waals surface area (Å²) in [6.45, 7) is 7.16. The summed E-state index contributed by atoms with van der Waals surface area (Å²) in [7, 11) is 0. The Bertz CT molecular complexity index is 252. The van der Waals surface area contributed by atoms with Crippen LogP contribution in [0.3, 0.4) is 0 Å². The second-order valence-corrected chi connectivity index (χ2v) is 6.09. The van der Waals surface area contributed by atoms with Crippen LogP contribution in [0.25, 0.3) is 0 Å². The van der Waals surface area contributed by atoms with Crippen molar-refractivity contribution in [1.82, 2.24) is 4.90 Å². The molecule has 0 saturated carbocycles. The lowest BCUT2D eigenvalue weighted by atomic mass is 10.2. The number of alkyl halides is 1. The van der Waals surface area contributed by atoms with Gasteiger partial charge < -0.3 is 9.64 Å². The lowest BCUT2D eigenvalue weighted by molar-refractivity contribution is -0.0471. The maximum atomic E-state index is 5.71. The van der Waals surface area contributed by atoms with Crippen LogP contribution in [0.1, 0.15) is 13.8 Å². The molecule has 3 nitrogen and oxygen atoms in total. The Kier molecular flexibility index (Phi) is 3.96. The lowest BCUT2D eigenvalue weighted by Gasteiger charge is -2.36. The zero-order valence-electron chi connectivity index (χ0n) is 9.15. The maximum absolute atomic E-state index is 5.71. The largest absolute Gasteiger partial charge is 0.372 e. The van der Waals surface area contributed by atoms with E-state index < -0.39 is 0 Å². The number of morpholine rings is 1. The number of halogens is 1. The number of nitrogens with zero attached hydrogens (tertiary/aromatic N) is 2. The molecule has 1 saturated heterocycles. The molecule has 2 rings (SSSR count). The molecular weight excluding hydrogens is 276 g/mol. The highest BCUT2D eigenvalue weighted by molar-refractivity contribution is 9.09. The van der Waals surface area contributed by atoms with Gasteiger partial charge in [-0.3, -0.25) is 4.99 Å². The number of hydrogen-bond acceptors (Lipinski definition) is 4. The summed E-state index contributed by atoms with van der Waals surface area (Å²) in [4.78, 5) is 6.97. The van der Waals surface area contributed by atoms with E-state index in [2.05, 4.69) is 39.7 Å². The SMILES string of the molecule is CC1CN(C2=NCC(CBr)S2)CC(C)O1. The minimum Gasteiger partial charge on any atom is -0.372 e. The molecule has 0 amide bonds. The van der Waals surface area contributed by atoms with Gasteiger partial charge in [-0.2, -0.15) is 0 Å². The third kappa shape index (κ3) is 2.88. The standard InChI is InChI=1S/C10H17BrN2OS/c1-7-5-13(6-8(2)14-7)10-12-4-9(3-11)15-10/h7-9H,3-6H2,1-2H3. The van der Waals surface area contributed by atoms with Crippen LogP contribution in [0.5, 0.6) is 0 Å². The Morgan fingerprint density at radius 2 is 2.13 bits per heavy atom. The van der Waals surface area contributed by atoms with Gasteiger partial charge in [0.2, 0.25) is 0 Å². The van der Waals surface area contributed by atoms with Gasteiger partial charge in [0.25, 0.3) is 0 Å². The van der Waals surface area contributed by atoms with Gasteiger partial charge in [-0.15, -0.1) is 0 Å². The van der Waals surface area contributed by atoms with Gasteiger partial charge in [-0.25, -0.2) is 0 Å². The Hall–Kier alpha value is 0.260. The van der Waals surface area contributed by atoms with Crippen molar-refractivity contribution in [2.75, 3.05) is 25.0 Å². The number of ether oxygens (including phenoxy) is 1. The summed E-state index contributed by atoms with van der Waals surface area (Å²) in [6, 6.07) is 0. The molecule has 2 aliphatic heterocycles. The van der Waals surface area contributed by atoms with E-state index in [-0.39, 0.29) is 0 Å². The smallest absolute Gasteiger partial charge is 0.159 e. The van der Waals surface area contributed by atoms with Gasteiger partial charge >= 0.3 is 0 Å². The first-order valence-electron chi connectivity index (χ1n) is 5.36. The fourth-order valence-corrected chi connectivity index (χ4v) is 3.55. The Balaban J connectivity index is 1.93. The molecule has 0 aromatic rings. The predicted molar refractivity (Wildman–Crippen MR) is 69.1 cm³/mol. The molecule has 3 unspecified atom stereocenters. The molecule has 0 radical (unpaired) electrons. The Morgan fingerprint density at radius 3 is 2.67 bits per heavy atom. The zero-order valence-corrected chi connectivity index (χ0v) is 11.6. The molecule has 0 aliphatic carbocycles. The highest BCUT2D eigenvalue weighted by Gasteiger charge is 2.28. The van der Waals surface area contributed by atoms with Crippen LogP contribution in [0.2, 0.25) is 0 Å². The van der Waals surface area contributed by atoms with Crippen LogP contribution in [0, 0.1) is 0 Å². The molecule has 0 N–H and O–H groups in total. The fourth-order valence-electron chi connectivity index (χ4n) is 1.99. The first kappa shape index (κ1) is 11.7. The Labute approximate surface area is 104 Å². The number of hydrogen-bond donors (Lipinski definition) is 0. The van der Waals surface area contributed by atoms with E-state index in [9.17, 15) is 0 Å². The monoisotopic (exact) mass is 292 g/mol. The van der Waals surface area contributed by atoms with Gasteiger partial charge in [0.1, 0.15) is 0 Å². The van der Waals surface area contributed by atoms with Crippen molar-refractivity contribution in [3.8, 4) is 0 Å². The van der Waals surface area contributed by atoms with Gasteiger partial charge in [0.15, 0.2) is 5.17 Å². The van der Waals surface area contributed by atoms with Crippen molar-refractivity contribution >= 4 is 32.9 Å². The van der Waals surface area contributed by atoms with Crippen LogP contribution < -0.4 is 0 Å². The average Bonchev–Trinajstić information content (AvgIpc) is 2.64. The quantitative estimate of drug-likeness (QED) is 0.691. The van der Waals surface area contributed by atoms with E-state index in [1.807, 2.05) is 11.8 Å². The number of rotatable bonds is 1. The van der Waals surface area contributed by atoms with E-state index in [1.165, 1.54) is 5.17 Å². The summed E-state index contributed by atoms with van der Waals surface area (Å²) < 4.78 is 5.71. The van der Waals surface area contributed by atoms with Crippen molar-refractivity contribution in [2.45, 2.75) is 31.3 Å². The molecule has 1 fully saturated rings. The molecule has 2 heterocycles. The molecule has 2 aliphatic rings. The molecule has 0 bridgehead atoms. The summed E-state index contributed by atoms with van der Waals surface area (Å²) in [5.41, 5.74) is 0.